The Kier molecular flexibility index (Phi) is 9.09. The molecule has 1 fully saturated rings. The third kappa shape index (κ3) is 5.93. The van der Waals surface area contributed by atoms with Crippen molar-refractivity contribution in [3.63, 3.8) is 0 Å². The van der Waals surface area contributed by atoms with Crippen molar-refractivity contribution in [1.82, 2.24) is 4.90 Å². The van der Waals surface area contributed by atoms with Gasteiger partial charge in [0.25, 0.3) is 0 Å². The number of esters is 1. The summed E-state index contributed by atoms with van der Waals surface area (Å²) < 4.78 is 22.1. The number of nitrogens with zero attached hydrogens (tertiary/aromatic N) is 1. The Morgan fingerprint density at radius 3 is 2.30 bits per heavy atom. The van der Waals surface area contributed by atoms with E-state index >= 15 is 0 Å². The smallest absolute Gasteiger partial charge is 0.311 e. The molecule has 7 nitrogen and oxygen atoms in total. The average molecular weight is 510 g/mol. The molecule has 0 spiro atoms. The number of rotatable bonds is 12. The third-order valence-electron chi connectivity index (χ3n) is 7.53. The van der Waals surface area contributed by atoms with Gasteiger partial charge in [-0.15, -0.1) is 0 Å². The summed E-state index contributed by atoms with van der Waals surface area (Å²) in [5.41, 5.74) is 1.95. The molecular weight excluding hydrogens is 470 g/mol. The lowest BCUT2D eigenvalue weighted by atomic mass is 9.82. The van der Waals surface area contributed by atoms with Gasteiger partial charge in [0.1, 0.15) is 11.5 Å². The molecule has 1 saturated heterocycles. The lowest BCUT2D eigenvalue weighted by Gasteiger charge is -2.29. The van der Waals surface area contributed by atoms with E-state index in [1.165, 1.54) is 0 Å². The monoisotopic (exact) mass is 509 g/mol. The molecule has 0 aromatic heterocycles. The molecule has 0 amide bonds. The van der Waals surface area contributed by atoms with Crippen LogP contribution in [0.4, 0.5) is 0 Å². The van der Waals surface area contributed by atoms with Crippen molar-refractivity contribution in [2.24, 2.45) is 11.8 Å². The predicted molar refractivity (Wildman–Crippen MR) is 141 cm³/mol. The third-order valence-corrected chi connectivity index (χ3v) is 7.53. The first-order valence-electron chi connectivity index (χ1n) is 13.5. The molecule has 0 aliphatic carbocycles. The maximum absolute atomic E-state index is 13.5. The molecule has 0 bridgehead atoms. The number of hydrogen-bond acceptors (Lipinski definition) is 7. The molecule has 0 saturated carbocycles. The zero-order chi connectivity index (χ0) is 26.4. The van der Waals surface area contributed by atoms with Crippen LogP contribution in [-0.2, 0) is 14.3 Å². The fourth-order valence-electron chi connectivity index (χ4n) is 5.79. The molecule has 200 valence electrons. The van der Waals surface area contributed by atoms with Gasteiger partial charge in [-0.25, -0.2) is 0 Å². The van der Waals surface area contributed by atoms with Crippen LogP contribution in [0.2, 0.25) is 0 Å². The number of hydrogen-bond donors (Lipinski definition) is 0. The van der Waals surface area contributed by atoms with Crippen LogP contribution in [0.25, 0.3) is 0 Å². The van der Waals surface area contributed by atoms with E-state index in [0.29, 0.717) is 31.2 Å². The molecule has 2 aromatic rings. The number of likely N-dealkylation sites (tertiary alicyclic amines) is 1. The molecule has 3 atom stereocenters. The molecule has 2 aliphatic rings. The summed E-state index contributed by atoms with van der Waals surface area (Å²) in [5.74, 6) is 1.53. The van der Waals surface area contributed by atoms with E-state index in [9.17, 15) is 9.59 Å². The van der Waals surface area contributed by atoms with Crippen LogP contribution in [0, 0.1) is 11.8 Å². The zero-order valence-corrected chi connectivity index (χ0v) is 22.4. The Balaban J connectivity index is 1.73. The van der Waals surface area contributed by atoms with Gasteiger partial charge in [0.2, 0.25) is 6.79 Å². The quantitative estimate of drug-likeness (QED) is 0.348. The number of methoxy groups -OCH3 is 1. The van der Waals surface area contributed by atoms with E-state index < -0.39 is 5.92 Å². The molecule has 2 aromatic carbocycles. The summed E-state index contributed by atoms with van der Waals surface area (Å²) in [4.78, 5) is 29.2. The highest BCUT2D eigenvalue weighted by atomic mass is 16.7. The Bertz CT molecular complexity index is 1060. The summed E-state index contributed by atoms with van der Waals surface area (Å²) in [7, 11) is 1.63. The van der Waals surface area contributed by atoms with Crippen molar-refractivity contribution < 1.29 is 28.5 Å². The van der Waals surface area contributed by atoms with E-state index in [1.807, 2.05) is 49.4 Å². The number of carbonyl (C=O) groups excluding carboxylic acids is 2. The molecule has 2 heterocycles. The van der Waals surface area contributed by atoms with Gasteiger partial charge in [0.05, 0.1) is 26.2 Å². The Morgan fingerprint density at radius 1 is 0.973 bits per heavy atom. The molecule has 0 radical (unpaired) electrons. The second-order valence-electron chi connectivity index (χ2n) is 9.89. The minimum Gasteiger partial charge on any atom is -0.497 e. The lowest BCUT2D eigenvalue weighted by Crippen LogP contribution is -2.35. The van der Waals surface area contributed by atoms with Crippen LogP contribution < -0.4 is 14.2 Å². The van der Waals surface area contributed by atoms with Gasteiger partial charge in [-0.1, -0.05) is 44.9 Å². The molecule has 37 heavy (non-hydrogen) atoms. The maximum Gasteiger partial charge on any atom is 0.311 e. The predicted octanol–water partition coefficient (Wildman–Crippen LogP) is 5.53. The van der Waals surface area contributed by atoms with E-state index in [1.54, 1.807) is 7.11 Å². The van der Waals surface area contributed by atoms with E-state index in [2.05, 4.69) is 18.7 Å². The number of carbonyl (C=O) groups is 2. The minimum atomic E-state index is -0.475. The number of ketones is 1. The lowest BCUT2D eigenvalue weighted by molar-refractivity contribution is -0.149. The molecule has 2 aliphatic heterocycles. The van der Waals surface area contributed by atoms with Crippen molar-refractivity contribution in [1.29, 1.82) is 0 Å². The van der Waals surface area contributed by atoms with E-state index in [-0.39, 0.29) is 36.4 Å². The highest BCUT2D eigenvalue weighted by Gasteiger charge is 2.49. The standard InChI is InChI=1S/C30H39NO6/c1-5-8-20(9-6-2)25(32)18-31-17-24(22-12-15-26-27(16-22)37-19-36-26)28(30(33)35-7-3)29(31)21-10-13-23(34-4)14-11-21/h10-16,20,24,28-29H,5-9,17-19H2,1-4H3. The molecule has 4 rings (SSSR count). The number of Topliss-reactive ketones (excluding diaryl/α,β-unsaturated/α-hetero) is 1. The minimum absolute atomic E-state index is 0.0390. The van der Waals surface area contributed by atoms with Crippen molar-refractivity contribution in [3.8, 4) is 17.2 Å². The number of benzene rings is 2. The summed E-state index contributed by atoms with van der Waals surface area (Å²) in [5, 5.41) is 0. The van der Waals surface area contributed by atoms with E-state index in [0.717, 1.165) is 42.6 Å². The van der Waals surface area contributed by atoms with Crippen LogP contribution in [0.1, 0.15) is 69.5 Å². The van der Waals surface area contributed by atoms with Gasteiger partial charge in [-0.2, -0.15) is 0 Å². The van der Waals surface area contributed by atoms with E-state index in [4.69, 9.17) is 18.9 Å². The summed E-state index contributed by atoms with van der Waals surface area (Å²) in [6.45, 7) is 7.43. The number of ether oxygens (including phenoxy) is 4. The van der Waals surface area contributed by atoms with Gasteiger partial charge >= 0.3 is 5.97 Å². The van der Waals surface area contributed by atoms with Gasteiger partial charge < -0.3 is 18.9 Å². The Morgan fingerprint density at radius 2 is 1.65 bits per heavy atom. The zero-order valence-electron chi connectivity index (χ0n) is 22.4. The van der Waals surface area contributed by atoms with Crippen LogP contribution >= 0.6 is 0 Å². The first-order chi connectivity index (χ1) is 18.0. The van der Waals surface area contributed by atoms with Gasteiger partial charge in [-0.3, -0.25) is 14.5 Å². The Hall–Kier alpha value is -3.06. The van der Waals surface area contributed by atoms with Crippen molar-refractivity contribution >= 4 is 11.8 Å². The van der Waals surface area contributed by atoms with Gasteiger partial charge in [-0.05, 0) is 55.2 Å². The van der Waals surface area contributed by atoms with Crippen LogP contribution in [0.15, 0.2) is 42.5 Å². The summed E-state index contributed by atoms with van der Waals surface area (Å²) >= 11 is 0. The Labute approximate surface area is 220 Å². The SMILES string of the molecule is CCCC(CCC)C(=O)CN1CC(c2ccc3c(c2)OCO3)C(C(=O)OCC)C1c1ccc(OC)cc1. The first-order valence-corrected chi connectivity index (χ1v) is 13.5. The molecule has 7 heteroatoms. The second-order valence-corrected chi connectivity index (χ2v) is 9.89. The molecule has 0 N–H and O–H groups in total. The largest absolute Gasteiger partial charge is 0.497 e. The van der Waals surface area contributed by atoms with Gasteiger partial charge in [0, 0.05) is 24.4 Å². The average Bonchev–Trinajstić information content (AvgIpc) is 3.53. The maximum atomic E-state index is 13.5. The summed E-state index contributed by atoms with van der Waals surface area (Å²) in [6, 6.07) is 13.4. The highest BCUT2D eigenvalue weighted by Crippen LogP contribution is 2.48. The van der Waals surface area contributed by atoms with Crippen LogP contribution in [0.3, 0.4) is 0 Å². The fourth-order valence-corrected chi connectivity index (χ4v) is 5.79. The first kappa shape index (κ1) is 27.0. The molecular formula is C30H39NO6. The normalized spacial score (nSPS) is 20.8. The van der Waals surface area contributed by atoms with Gasteiger partial charge in [0.15, 0.2) is 11.5 Å². The van der Waals surface area contributed by atoms with Crippen molar-refractivity contribution in [3.05, 3.63) is 53.6 Å². The number of fused-ring (bicyclic) bond motifs is 1. The fraction of sp³-hybridized carbons (Fsp3) is 0.533. The van der Waals surface area contributed by atoms with Crippen molar-refractivity contribution in [2.75, 3.05) is 33.6 Å². The van der Waals surface area contributed by atoms with Crippen LogP contribution in [-0.4, -0.2) is 50.3 Å². The second kappa shape index (κ2) is 12.5. The summed E-state index contributed by atoms with van der Waals surface area (Å²) in [6.07, 6.45) is 3.73. The van der Waals surface area contributed by atoms with Crippen molar-refractivity contribution in [2.45, 2.75) is 58.4 Å². The molecule has 3 unspecified atom stereocenters. The highest BCUT2D eigenvalue weighted by molar-refractivity contribution is 5.83. The van der Waals surface area contributed by atoms with Crippen LogP contribution in [0.5, 0.6) is 17.2 Å². The topological polar surface area (TPSA) is 74.3 Å².